The molecular weight excluding hydrogens is 369 g/mol. The molecule has 3 rings (SSSR count). The van der Waals surface area contributed by atoms with Crippen LogP contribution in [-0.2, 0) is 9.59 Å². The Morgan fingerprint density at radius 2 is 1.76 bits per heavy atom. The van der Waals surface area contributed by atoms with Crippen molar-refractivity contribution < 1.29 is 14.0 Å². The standard InChI is InChI=1S/C23H28FN3O2/c1-17-11-14-26(15-12-17)19-7-9-20(10-8-19)27(18(2)28)16-13-23(29)25-22-6-4-3-5-21(22)24/h3-10,17H,11-16H2,1-2H3,(H,25,29). The summed E-state index contributed by atoms with van der Waals surface area (Å²) in [5.41, 5.74) is 2.05. The zero-order valence-electron chi connectivity index (χ0n) is 17.0. The predicted molar refractivity (Wildman–Crippen MR) is 115 cm³/mol. The van der Waals surface area contributed by atoms with Gasteiger partial charge in [-0.15, -0.1) is 0 Å². The van der Waals surface area contributed by atoms with E-state index in [2.05, 4.69) is 17.1 Å². The van der Waals surface area contributed by atoms with Gasteiger partial charge in [-0.05, 0) is 55.2 Å². The number of carbonyl (C=O) groups is 2. The van der Waals surface area contributed by atoms with Gasteiger partial charge >= 0.3 is 0 Å². The number of nitrogens with zero attached hydrogens (tertiary/aromatic N) is 2. The molecule has 6 heteroatoms. The highest BCUT2D eigenvalue weighted by atomic mass is 19.1. The molecule has 0 aromatic heterocycles. The minimum Gasteiger partial charge on any atom is -0.372 e. The van der Waals surface area contributed by atoms with E-state index in [0.29, 0.717) is 0 Å². The monoisotopic (exact) mass is 397 g/mol. The van der Waals surface area contributed by atoms with Gasteiger partial charge in [0.05, 0.1) is 5.69 Å². The predicted octanol–water partition coefficient (Wildman–Crippen LogP) is 4.44. The number of hydrogen-bond acceptors (Lipinski definition) is 3. The topological polar surface area (TPSA) is 52.7 Å². The number of hydrogen-bond donors (Lipinski definition) is 1. The number of benzene rings is 2. The average Bonchev–Trinajstić information content (AvgIpc) is 2.71. The molecule has 154 valence electrons. The van der Waals surface area contributed by atoms with Crippen molar-refractivity contribution in [2.75, 3.05) is 34.8 Å². The third-order valence-corrected chi connectivity index (χ3v) is 5.40. The van der Waals surface area contributed by atoms with Crippen molar-refractivity contribution in [2.24, 2.45) is 5.92 Å². The maximum atomic E-state index is 13.7. The van der Waals surface area contributed by atoms with Gasteiger partial charge in [0.1, 0.15) is 5.82 Å². The summed E-state index contributed by atoms with van der Waals surface area (Å²) in [5, 5.41) is 2.55. The van der Waals surface area contributed by atoms with Gasteiger partial charge in [0.15, 0.2) is 0 Å². The summed E-state index contributed by atoms with van der Waals surface area (Å²) < 4.78 is 13.7. The van der Waals surface area contributed by atoms with Gasteiger partial charge in [0.25, 0.3) is 0 Å². The van der Waals surface area contributed by atoms with E-state index < -0.39 is 5.82 Å². The maximum Gasteiger partial charge on any atom is 0.226 e. The molecule has 1 aliphatic heterocycles. The van der Waals surface area contributed by atoms with Crippen molar-refractivity contribution in [1.29, 1.82) is 0 Å². The first-order chi connectivity index (χ1) is 13.9. The minimum atomic E-state index is -0.480. The van der Waals surface area contributed by atoms with Crippen LogP contribution in [0, 0.1) is 11.7 Å². The highest BCUT2D eigenvalue weighted by molar-refractivity contribution is 5.95. The van der Waals surface area contributed by atoms with Crippen LogP contribution in [0.1, 0.15) is 33.1 Å². The van der Waals surface area contributed by atoms with Gasteiger partial charge < -0.3 is 15.1 Å². The van der Waals surface area contributed by atoms with Crippen molar-refractivity contribution in [3.05, 3.63) is 54.3 Å². The highest BCUT2D eigenvalue weighted by Crippen LogP contribution is 2.25. The summed E-state index contributed by atoms with van der Waals surface area (Å²) in [7, 11) is 0. The second kappa shape index (κ2) is 9.54. The largest absolute Gasteiger partial charge is 0.372 e. The number of para-hydroxylation sites is 1. The third-order valence-electron chi connectivity index (χ3n) is 5.40. The fourth-order valence-corrected chi connectivity index (χ4v) is 3.57. The SMILES string of the molecule is CC(=O)N(CCC(=O)Nc1ccccc1F)c1ccc(N2CCC(C)CC2)cc1. The van der Waals surface area contributed by atoms with Gasteiger partial charge in [0.2, 0.25) is 11.8 Å². The zero-order valence-corrected chi connectivity index (χ0v) is 17.0. The molecule has 0 saturated carbocycles. The van der Waals surface area contributed by atoms with Crippen molar-refractivity contribution in [3.63, 3.8) is 0 Å². The highest BCUT2D eigenvalue weighted by Gasteiger charge is 2.18. The van der Waals surface area contributed by atoms with Crippen LogP contribution in [0.15, 0.2) is 48.5 Å². The number of anilines is 3. The maximum absolute atomic E-state index is 13.7. The third kappa shape index (κ3) is 5.56. The Labute approximate surface area is 171 Å². The second-order valence-corrected chi connectivity index (χ2v) is 7.63. The molecular formula is C23H28FN3O2. The lowest BCUT2D eigenvalue weighted by molar-refractivity contribution is -0.117. The average molecular weight is 397 g/mol. The Kier molecular flexibility index (Phi) is 6.86. The summed E-state index contributed by atoms with van der Waals surface area (Å²) in [6, 6.07) is 13.9. The van der Waals surface area contributed by atoms with Gasteiger partial charge in [-0.3, -0.25) is 9.59 Å². The summed E-state index contributed by atoms with van der Waals surface area (Å²) >= 11 is 0. The molecule has 1 saturated heterocycles. The van der Waals surface area contributed by atoms with Crippen molar-refractivity contribution >= 4 is 28.9 Å². The molecule has 0 spiro atoms. The molecule has 1 aliphatic rings. The first kappa shape index (κ1) is 20.8. The fourth-order valence-electron chi connectivity index (χ4n) is 3.57. The quantitative estimate of drug-likeness (QED) is 0.784. The van der Waals surface area contributed by atoms with E-state index in [0.717, 1.165) is 30.4 Å². The summed E-state index contributed by atoms with van der Waals surface area (Å²) in [6.07, 6.45) is 2.47. The summed E-state index contributed by atoms with van der Waals surface area (Å²) in [5.74, 6) is -0.176. The van der Waals surface area contributed by atoms with Crippen LogP contribution in [-0.4, -0.2) is 31.4 Å². The molecule has 29 heavy (non-hydrogen) atoms. The normalized spacial score (nSPS) is 14.5. The number of amides is 2. The molecule has 0 unspecified atom stereocenters. The lowest BCUT2D eigenvalue weighted by atomic mass is 9.99. The first-order valence-electron chi connectivity index (χ1n) is 10.1. The Hall–Kier alpha value is -2.89. The molecule has 0 atom stereocenters. The summed E-state index contributed by atoms with van der Waals surface area (Å²) in [6.45, 7) is 6.10. The minimum absolute atomic E-state index is 0.0830. The van der Waals surface area contributed by atoms with Crippen LogP contribution in [0.3, 0.4) is 0 Å². The fraction of sp³-hybridized carbons (Fsp3) is 0.391. The Balaban J connectivity index is 1.60. The molecule has 0 bridgehead atoms. The zero-order chi connectivity index (χ0) is 20.8. The number of carbonyl (C=O) groups excluding carboxylic acids is 2. The number of piperidine rings is 1. The molecule has 1 N–H and O–H groups in total. The van der Waals surface area contributed by atoms with Crippen LogP contribution in [0.5, 0.6) is 0 Å². The van der Waals surface area contributed by atoms with Crippen LogP contribution < -0.4 is 15.1 Å². The molecule has 2 aromatic rings. The van der Waals surface area contributed by atoms with Gasteiger partial charge in [0, 0.05) is 44.4 Å². The van der Waals surface area contributed by atoms with Crippen molar-refractivity contribution in [2.45, 2.75) is 33.1 Å². The van der Waals surface area contributed by atoms with E-state index in [1.165, 1.54) is 31.9 Å². The van der Waals surface area contributed by atoms with E-state index in [1.807, 2.05) is 24.3 Å². The first-order valence-corrected chi connectivity index (χ1v) is 10.1. The van der Waals surface area contributed by atoms with E-state index in [4.69, 9.17) is 0 Å². The molecule has 2 amide bonds. The van der Waals surface area contributed by atoms with Crippen molar-refractivity contribution in [3.8, 4) is 0 Å². The molecule has 1 fully saturated rings. The number of halogens is 1. The Morgan fingerprint density at radius 1 is 1.10 bits per heavy atom. The van der Waals surface area contributed by atoms with Crippen molar-refractivity contribution in [1.82, 2.24) is 0 Å². The van der Waals surface area contributed by atoms with Gasteiger partial charge in [-0.1, -0.05) is 19.1 Å². The molecule has 0 radical (unpaired) electrons. The molecule has 2 aromatic carbocycles. The van der Waals surface area contributed by atoms with Crippen LogP contribution in [0.2, 0.25) is 0 Å². The van der Waals surface area contributed by atoms with E-state index >= 15 is 0 Å². The number of rotatable bonds is 6. The summed E-state index contributed by atoms with van der Waals surface area (Å²) in [4.78, 5) is 28.2. The lowest BCUT2D eigenvalue weighted by Crippen LogP contribution is -2.33. The molecule has 0 aliphatic carbocycles. The van der Waals surface area contributed by atoms with Gasteiger partial charge in [-0.25, -0.2) is 4.39 Å². The lowest BCUT2D eigenvalue weighted by Gasteiger charge is -2.32. The van der Waals surface area contributed by atoms with Crippen LogP contribution in [0.25, 0.3) is 0 Å². The second-order valence-electron chi connectivity index (χ2n) is 7.63. The van der Waals surface area contributed by atoms with E-state index in [9.17, 15) is 14.0 Å². The van der Waals surface area contributed by atoms with E-state index in [-0.39, 0.29) is 30.5 Å². The smallest absolute Gasteiger partial charge is 0.226 e. The van der Waals surface area contributed by atoms with Crippen LogP contribution >= 0.6 is 0 Å². The van der Waals surface area contributed by atoms with Gasteiger partial charge in [-0.2, -0.15) is 0 Å². The Bertz CT molecular complexity index is 845. The Morgan fingerprint density at radius 3 is 2.38 bits per heavy atom. The van der Waals surface area contributed by atoms with E-state index in [1.54, 1.807) is 17.0 Å². The molecule has 5 nitrogen and oxygen atoms in total. The van der Waals surface area contributed by atoms with Crippen LogP contribution in [0.4, 0.5) is 21.5 Å². The number of nitrogens with one attached hydrogen (secondary N) is 1. The molecule has 1 heterocycles.